The number of nitro groups is 1. The third kappa shape index (κ3) is 4.37. The van der Waals surface area contributed by atoms with Crippen LogP contribution in [0.25, 0.3) is 0 Å². The van der Waals surface area contributed by atoms with Gasteiger partial charge in [0.1, 0.15) is 12.1 Å². The van der Waals surface area contributed by atoms with Crippen molar-refractivity contribution in [2.45, 2.75) is 26.4 Å². The number of rotatable bonds is 3. The Bertz CT molecular complexity index is 698. The lowest BCUT2D eigenvalue weighted by Crippen LogP contribution is -2.53. The molecule has 1 aliphatic rings. The van der Waals surface area contributed by atoms with Crippen molar-refractivity contribution in [3.8, 4) is 5.75 Å². The molecule has 0 aromatic heterocycles. The average Bonchev–Trinajstić information content (AvgIpc) is 2.52. The number of carbonyl (C=O) groups is 2. The number of amides is 2. The molecule has 1 aromatic carbocycles. The van der Waals surface area contributed by atoms with Crippen LogP contribution in [0.1, 0.15) is 20.8 Å². The zero-order valence-electron chi connectivity index (χ0n) is 14.6. The number of nitrogens with zero attached hydrogens (tertiary/aromatic N) is 3. The summed E-state index contributed by atoms with van der Waals surface area (Å²) in [7, 11) is 1.33. The molecule has 0 aliphatic carbocycles. The summed E-state index contributed by atoms with van der Waals surface area (Å²) in [5.41, 5.74) is -0.328. The second-order valence-electron chi connectivity index (χ2n) is 6.56. The number of piperazine rings is 1. The topological polar surface area (TPSA) is 102 Å². The summed E-state index contributed by atoms with van der Waals surface area (Å²) in [6, 6.07) is 4.22. The molecule has 0 N–H and O–H groups in total. The van der Waals surface area contributed by atoms with E-state index in [2.05, 4.69) is 0 Å². The van der Waals surface area contributed by atoms with Gasteiger partial charge in [0.2, 0.25) is 5.91 Å². The van der Waals surface area contributed by atoms with Crippen molar-refractivity contribution in [1.82, 2.24) is 4.90 Å². The maximum absolute atomic E-state index is 12.4. The Morgan fingerprint density at radius 2 is 1.96 bits per heavy atom. The Morgan fingerprint density at radius 3 is 2.48 bits per heavy atom. The van der Waals surface area contributed by atoms with Crippen molar-refractivity contribution in [1.29, 1.82) is 0 Å². The van der Waals surface area contributed by atoms with Crippen LogP contribution >= 0.6 is 0 Å². The van der Waals surface area contributed by atoms with E-state index in [4.69, 9.17) is 9.47 Å². The molecule has 0 spiro atoms. The lowest BCUT2D eigenvalue weighted by molar-refractivity contribution is -0.385. The highest BCUT2D eigenvalue weighted by Crippen LogP contribution is 2.32. The quantitative estimate of drug-likeness (QED) is 0.611. The van der Waals surface area contributed by atoms with Gasteiger partial charge in [0.25, 0.3) is 0 Å². The molecule has 0 radical (unpaired) electrons. The fraction of sp³-hybridized carbons (Fsp3) is 0.500. The van der Waals surface area contributed by atoms with Crippen molar-refractivity contribution in [2.24, 2.45) is 0 Å². The molecular weight excluding hydrogens is 330 g/mol. The van der Waals surface area contributed by atoms with Crippen LogP contribution < -0.4 is 9.64 Å². The first-order valence-corrected chi connectivity index (χ1v) is 7.73. The van der Waals surface area contributed by atoms with Gasteiger partial charge in [-0.1, -0.05) is 0 Å². The van der Waals surface area contributed by atoms with E-state index in [0.717, 1.165) is 0 Å². The van der Waals surface area contributed by atoms with Gasteiger partial charge in [0.15, 0.2) is 5.75 Å². The Balaban J connectivity index is 2.13. The van der Waals surface area contributed by atoms with Crippen LogP contribution in [0, 0.1) is 10.1 Å². The lowest BCUT2D eigenvalue weighted by atomic mass is 10.2. The molecule has 2 amide bonds. The minimum Gasteiger partial charge on any atom is -0.490 e. The predicted molar refractivity (Wildman–Crippen MR) is 89.8 cm³/mol. The van der Waals surface area contributed by atoms with E-state index in [1.807, 2.05) is 0 Å². The third-order valence-electron chi connectivity index (χ3n) is 3.54. The summed E-state index contributed by atoms with van der Waals surface area (Å²) >= 11 is 0. The van der Waals surface area contributed by atoms with E-state index in [0.29, 0.717) is 12.2 Å². The van der Waals surface area contributed by atoms with Gasteiger partial charge in [0, 0.05) is 30.9 Å². The van der Waals surface area contributed by atoms with E-state index in [9.17, 15) is 19.7 Å². The first-order chi connectivity index (χ1) is 11.6. The van der Waals surface area contributed by atoms with Crippen LogP contribution in [-0.2, 0) is 9.53 Å². The third-order valence-corrected chi connectivity index (χ3v) is 3.54. The molecule has 1 heterocycles. The van der Waals surface area contributed by atoms with Crippen LogP contribution in [0.4, 0.5) is 16.2 Å². The number of ether oxygens (including phenoxy) is 2. The fourth-order valence-corrected chi connectivity index (χ4v) is 2.41. The number of methoxy groups -OCH3 is 1. The highest BCUT2D eigenvalue weighted by Gasteiger charge is 2.31. The van der Waals surface area contributed by atoms with Crippen molar-refractivity contribution < 1.29 is 24.0 Å². The smallest absolute Gasteiger partial charge is 0.410 e. The van der Waals surface area contributed by atoms with E-state index in [1.54, 1.807) is 20.8 Å². The van der Waals surface area contributed by atoms with Crippen molar-refractivity contribution in [3.05, 3.63) is 28.3 Å². The number of carbonyl (C=O) groups excluding carboxylic acids is 2. The Kier molecular flexibility index (Phi) is 5.15. The highest BCUT2D eigenvalue weighted by atomic mass is 16.6. The van der Waals surface area contributed by atoms with Crippen LogP contribution in [0.2, 0.25) is 0 Å². The maximum atomic E-state index is 12.4. The SMILES string of the molecule is COc1cc(N2CCN(C(=O)OC(C)(C)C)CC2=O)ccc1[N+](=O)[O-]. The van der Waals surface area contributed by atoms with E-state index in [-0.39, 0.29) is 30.4 Å². The van der Waals surface area contributed by atoms with E-state index in [1.165, 1.54) is 35.1 Å². The molecule has 0 bridgehead atoms. The van der Waals surface area contributed by atoms with Crippen molar-refractivity contribution in [3.63, 3.8) is 0 Å². The number of hydrogen-bond acceptors (Lipinski definition) is 6. The van der Waals surface area contributed by atoms with Crippen molar-refractivity contribution >= 4 is 23.4 Å². The van der Waals surface area contributed by atoms with Crippen LogP contribution in [-0.4, -0.2) is 54.2 Å². The van der Waals surface area contributed by atoms with Crippen LogP contribution in [0.5, 0.6) is 5.75 Å². The second-order valence-corrected chi connectivity index (χ2v) is 6.56. The largest absolute Gasteiger partial charge is 0.490 e. The molecule has 0 unspecified atom stereocenters. The molecule has 0 atom stereocenters. The zero-order chi connectivity index (χ0) is 18.8. The molecule has 0 saturated carbocycles. The zero-order valence-corrected chi connectivity index (χ0v) is 14.6. The van der Waals surface area contributed by atoms with Gasteiger partial charge in [-0.05, 0) is 26.8 Å². The number of nitro benzene ring substituents is 1. The molecule has 1 aliphatic heterocycles. The molecule has 25 heavy (non-hydrogen) atoms. The Labute approximate surface area is 145 Å². The van der Waals surface area contributed by atoms with Gasteiger partial charge in [-0.25, -0.2) is 4.79 Å². The average molecular weight is 351 g/mol. The Hall–Kier alpha value is -2.84. The summed E-state index contributed by atoms with van der Waals surface area (Å²) in [4.78, 5) is 37.7. The standard InChI is InChI=1S/C16H21N3O6/c1-16(2,3)25-15(21)17-7-8-18(14(20)10-17)11-5-6-12(19(22)23)13(9-11)24-4/h5-6,9H,7-8,10H2,1-4H3. The number of benzene rings is 1. The molecule has 1 saturated heterocycles. The maximum Gasteiger partial charge on any atom is 0.410 e. The molecule has 136 valence electrons. The highest BCUT2D eigenvalue weighted by molar-refractivity contribution is 5.97. The van der Waals surface area contributed by atoms with Crippen LogP contribution in [0.3, 0.4) is 0 Å². The minimum absolute atomic E-state index is 0.0740. The van der Waals surface area contributed by atoms with E-state index < -0.39 is 16.6 Å². The van der Waals surface area contributed by atoms with Gasteiger partial charge >= 0.3 is 11.8 Å². The van der Waals surface area contributed by atoms with Crippen LogP contribution in [0.15, 0.2) is 18.2 Å². The number of anilines is 1. The summed E-state index contributed by atoms with van der Waals surface area (Å²) < 4.78 is 10.3. The first-order valence-electron chi connectivity index (χ1n) is 7.73. The van der Waals surface area contributed by atoms with Crippen molar-refractivity contribution in [2.75, 3.05) is 31.6 Å². The molecule has 1 aromatic rings. The minimum atomic E-state index is -0.636. The van der Waals surface area contributed by atoms with Gasteiger partial charge in [0.05, 0.1) is 12.0 Å². The van der Waals surface area contributed by atoms with E-state index >= 15 is 0 Å². The normalized spacial score (nSPS) is 15.1. The summed E-state index contributed by atoms with van der Waals surface area (Å²) in [5.74, 6) is -0.224. The predicted octanol–water partition coefficient (Wildman–Crippen LogP) is 2.19. The summed E-state index contributed by atoms with van der Waals surface area (Å²) in [6.07, 6.45) is -0.540. The lowest BCUT2D eigenvalue weighted by Gasteiger charge is -2.35. The molecule has 2 rings (SSSR count). The molecule has 1 fully saturated rings. The molecular formula is C16H21N3O6. The summed E-state index contributed by atoms with van der Waals surface area (Å²) in [5, 5.41) is 11.0. The van der Waals surface area contributed by atoms with Gasteiger partial charge in [-0.15, -0.1) is 0 Å². The molecule has 9 nitrogen and oxygen atoms in total. The summed E-state index contributed by atoms with van der Waals surface area (Å²) in [6.45, 7) is 5.72. The second kappa shape index (κ2) is 6.96. The first kappa shape index (κ1) is 18.5. The van der Waals surface area contributed by atoms with Gasteiger partial charge < -0.3 is 14.4 Å². The monoisotopic (exact) mass is 351 g/mol. The van der Waals surface area contributed by atoms with Gasteiger partial charge in [-0.3, -0.25) is 19.8 Å². The fourth-order valence-electron chi connectivity index (χ4n) is 2.41. The van der Waals surface area contributed by atoms with Gasteiger partial charge in [-0.2, -0.15) is 0 Å². The molecule has 9 heteroatoms. The Morgan fingerprint density at radius 1 is 1.28 bits per heavy atom. The number of hydrogen-bond donors (Lipinski definition) is 0.